The van der Waals surface area contributed by atoms with Crippen molar-refractivity contribution in [1.82, 2.24) is 0 Å². The number of nitrogens with one attached hydrogen (secondary N) is 1. The smallest absolute Gasteiger partial charge is 0.336 e. The van der Waals surface area contributed by atoms with E-state index in [9.17, 15) is 9.59 Å². The highest BCUT2D eigenvalue weighted by atomic mass is 79.9. The van der Waals surface area contributed by atoms with Gasteiger partial charge in [0.25, 0.3) is 5.91 Å². The maximum Gasteiger partial charge on any atom is 0.336 e. The van der Waals surface area contributed by atoms with Crippen molar-refractivity contribution in [3.05, 3.63) is 69.0 Å². The van der Waals surface area contributed by atoms with Gasteiger partial charge < -0.3 is 14.5 Å². The lowest BCUT2D eigenvalue weighted by Gasteiger charge is -2.15. The van der Waals surface area contributed by atoms with Gasteiger partial charge in [-0.15, -0.1) is 0 Å². The van der Waals surface area contributed by atoms with E-state index >= 15 is 0 Å². The van der Waals surface area contributed by atoms with Crippen molar-refractivity contribution in [3.63, 3.8) is 0 Å². The third-order valence-electron chi connectivity index (χ3n) is 3.98. The van der Waals surface area contributed by atoms with Gasteiger partial charge in [0.1, 0.15) is 11.3 Å². The molecule has 1 N–H and O–H groups in total. The zero-order valence-electron chi connectivity index (χ0n) is 14.4. The number of carbonyl (C=O) groups excluding carboxylic acids is 1. The summed E-state index contributed by atoms with van der Waals surface area (Å²) in [6, 6.07) is 14.0. The van der Waals surface area contributed by atoms with Crippen molar-refractivity contribution in [1.29, 1.82) is 0 Å². The van der Waals surface area contributed by atoms with Crippen LogP contribution in [0.4, 0.5) is 5.69 Å². The Hall–Kier alpha value is -2.60. The number of aryl methyl sites for hydroxylation is 1. The SMILES string of the molecule is CCc1cc(=O)oc2cc(O[C@@H](C)C(=O)Nc3ccc(Br)cc3)ccc12. The number of amides is 1. The largest absolute Gasteiger partial charge is 0.481 e. The first kappa shape index (κ1) is 18.2. The molecule has 0 aliphatic heterocycles. The molecule has 0 aliphatic carbocycles. The van der Waals surface area contributed by atoms with Crippen LogP contribution < -0.4 is 15.7 Å². The van der Waals surface area contributed by atoms with Gasteiger partial charge in [-0.2, -0.15) is 0 Å². The van der Waals surface area contributed by atoms with Crippen molar-refractivity contribution in [2.75, 3.05) is 5.32 Å². The quantitative estimate of drug-likeness (QED) is 0.621. The number of hydrogen-bond acceptors (Lipinski definition) is 4. The molecule has 1 atom stereocenters. The number of hydrogen-bond donors (Lipinski definition) is 1. The summed E-state index contributed by atoms with van der Waals surface area (Å²) in [7, 11) is 0. The van der Waals surface area contributed by atoms with E-state index in [-0.39, 0.29) is 5.91 Å². The molecule has 1 aromatic heterocycles. The molecular weight excluding hydrogens is 398 g/mol. The molecule has 1 heterocycles. The van der Waals surface area contributed by atoms with Gasteiger partial charge in [-0.05, 0) is 55.3 Å². The molecule has 0 fully saturated rings. The van der Waals surface area contributed by atoms with Crippen LogP contribution in [0.3, 0.4) is 0 Å². The van der Waals surface area contributed by atoms with Gasteiger partial charge in [0, 0.05) is 27.7 Å². The fraction of sp³-hybridized carbons (Fsp3) is 0.200. The zero-order chi connectivity index (χ0) is 18.7. The third-order valence-corrected chi connectivity index (χ3v) is 4.51. The number of halogens is 1. The molecule has 3 aromatic rings. The average Bonchev–Trinajstić information content (AvgIpc) is 2.62. The molecule has 0 bridgehead atoms. The molecule has 5 nitrogen and oxygen atoms in total. The van der Waals surface area contributed by atoms with Crippen molar-refractivity contribution >= 4 is 38.5 Å². The minimum atomic E-state index is -0.711. The Kier molecular flexibility index (Phi) is 5.42. The van der Waals surface area contributed by atoms with Crippen LogP contribution in [0.5, 0.6) is 5.75 Å². The fourth-order valence-electron chi connectivity index (χ4n) is 2.61. The van der Waals surface area contributed by atoms with Crippen LogP contribution in [-0.2, 0) is 11.2 Å². The number of ether oxygens (including phenoxy) is 1. The molecule has 0 radical (unpaired) electrons. The molecular formula is C20H18BrNO4. The van der Waals surface area contributed by atoms with E-state index in [1.807, 2.05) is 25.1 Å². The Labute approximate surface area is 159 Å². The lowest BCUT2D eigenvalue weighted by atomic mass is 10.1. The van der Waals surface area contributed by atoms with Crippen LogP contribution in [0.1, 0.15) is 19.4 Å². The maximum absolute atomic E-state index is 12.3. The van der Waals surface area contributed by atoms with Crippen LogP contribution in [-0.4, -0.2) is 12.0 Å². The topological polar surface area (TPSA) is 68.5 Å². The highest BCUT2D eigenvalue weighted by molar-refractivity contribution is 9.10. The Bertz CT molecular complexity index is 995. The molecule has 26 heavy (non-hydrogen) atoms. The lowest BCUT2D eigenvalue weighted by Crippen LogP contribution is -2.30. The molecule has 0 aliphatic rings. The molecule has 2 aromatic carbocycles. The van der Waals surface area contributed by atoms with Crippen LogP contribution >= 0.6 is 15.9 Å². The summed E-state index contributed by atoms with van der Waals surface area (Å²) in [4.78, 5) is 24.0. The first-order chi connectivity index (χ1) is 12.5. The van der Waals surface area contributed by atoms with Crippen molar-refractivity contribution in [2.24, 2.45) is 0 Å². The standard InChI is InChI=1S/C20H18BrNO4/c1-3-13-10-19(23)26-18-11-16(8-9-17(13)18)25-12(2)20(24)22-15-6-4-14(21)5-7-15/h4-12H,3H2,1-2H3,(H,22,24)/t12-/m0/s1. The van der Waals surface area contributed by atoms with Crippen LogP contribution in [0.2, 0.25) is 0 Å². The molecule has 0 saturated heterocycles. The monoisotopic (exact) mass is 415 g/mol. The Morgan fingerprint density at radius 2 is 1.92 bits per heavy atom. The lowest BCUT2D eigenvalue weighted by molar-refractivity contribution is -0.122. The number of benzene rings is 2. The number of fused-ring (bicyclic) bond motifs is 1. The molecule has 134 valence electrons. The minimum absolute atomic E-state index is 0.267. The van der Waals surface area contributed by atoms with Crippen molar-refractivity contribution in [3.8, 4) is 5.75 Å². The first-order valence-electron chi connectivity index (χ1n) is 8.26. The molecule has 3 rings (SSSR count). The average molecular weight is 416 g/mol. The van der Waals surface area contributed by atoms with E-state index in [1.165, 1.54) is 6.07 Å². The normalized spacial score (nSPS) is 12.0. The molecule has 1 amide bonds. The van der Waals surface area contributed by atoms with E-state index in [0.717, 1.165) is 21.8 Å². The maximum atomic E-state index is 12.3. The van der Waals surface area contributed by atoms with Crippen LogP contribution in [0.25, 0.3) is 11.0 Å². The second-order valence-corrected chi connectivity index (χ2v) is 6.77. The second-order valence-electron chi connectivity index (χ2n) is 5.86. The van der Waals surface area contributed by atoms with Gasteiger partial charge in [0.2, 0.25) is 0 Å². The Balaban J connectivity index is 1.76. The molecule has 0 unspecified atom stereocenters. The number of anilines is 1. The van der Waals surface area contributed by atoms with Gasteiger partial charge in [0.05, 0.1) is 0 Å². The number of carbonyl (C=O) groups is 1. The fourth-order valence-corrected chi connectivity index (χ4v) is 2.88. The summed E-state index contributed by atoms with van der Waals surface area (Å²) in [5, 5.41) is 3.66. The first-order valence-corrected chi connectivity index (χ1v) is 9.05. The van der Waals surface area contributed by atoms with Gasteiger partial charge in [0.15, 0.2) is 6.10 Å². The summed E-state index contributed by atoms with van der Waals surface area (Å²) < 4.78 is 11.9. The summed E-state index contributed by atoms with van der Waals surface area (Å²) in [6.45, 7) is 3.64. The van der Waals surface area contributed by atoms with Crippen molar-refractivity contribution < 1.29 is 13.9 Å². The van der Waals surface area contributed by atoms with Gasteiger partial charge >= 0.3 is 5.63 Å². The van der Waals surface area contributed by atoms with Gasteiger partial charge in [-0.25, -0.2) is 4.79 Å². The summed E-state index contributed by atoms with van der Waals surface area (Å²) in [5.74, 6) is 0.198. The Morgan fingerprint density at radius 3 is 2.62 bits per heavy atom. The van der Waals surface area contributed by atoms with Crippen molar-refractivity contribution in [2.45, 2.75) is 26.4 Å². The van der Waals surface area contributed by atoms with Gasteiger partial charge in [-0.1, -0.05) is 22.9 Å². The van der Waals surface area contributed by atoms with E-state index in [2.05, 4.69) is 21.2 Å². The molecule has 6 heteroatoms. The van der Waals surface area contributed by atoms with E-state index < -0.39 is 11.7 Å². The second kappa shape index (κ2) is 7.74. The van der Waals surface area contributed by atoms with Gasteiger partial charge in [-0.3, -0.25) is 4.79 Å². The molecule has 0 saturated carbocycles. The number of rotatable bonds is 5. The predicted octanol–water partition coefficient (Wildman–Crippen LogP) is 4.52. The predicted molar refractivity (Wildman–Crippen MR) is 105 cm³/mol. The molecule has 0 spiro atoms. The van der Waals surface area contributed by atoms with Crippen LogP contribution in [0.15, 0.2) is 62.2 Å². The van der Waals surface area contributed by atoms with E-state index in [0.29, 0.717) is 17.0 Å². The highest BCUT2D eigenvalue weighted by Crippen LogP contribution is 2.24. The minimum Gasteiger partial charge on any atom is -0.481 e. The summed E-state index contributed by atoms with van der Waals surface area (Å²) >= 11 is 3.35. The highest BCUT2D eigenvalue weighted by Gasteiger charge is 2.16. The Morgan fingerprint density at radius 1 is 1.19 bits per heavy atom. The van der Waals surface area contributed by atoms with Crippen LogP contribution in [0, 0.1) is 0 Å². The third kappa shape index (κ3) is 4.14. The zero-order valence-corrected chi connectivity index (χ0v) is 16.0. The van der Waals surface area contributed by atoms with E-state index in [1.54, 1.807) is 31.2 Å². The van der Waals surface area contributed by atoms with E-state index in [4.69, 9.17) is 9.15 Å². The summed E-state index contributed by atoms with van der Waals surface area (Å²) in [6.07, 6.45) is 0.0195. The summed E-state index contributed by atoms with van der Waals surface area (Å²) in [5.41, 5.74) is 1.66.